The molecule has 0 atom stereocenters. The Balaban J connectivity index is 1.08. The zero-order valence-corrected chi connectivity index (χ0v) is 39.9. The molecule has 0 saturated heterocycles. The molecule has 12 aromatic rings. The van der Waals surface area contributed by atoms with Crippen molar-refractivity contribution in [3.63, 3.8) is 0 Å². The molecule has 0 aliphatic heterocycles. The lowest BCUT2D eigenvalue weighted by Gasteiger charge is -2.34. The van der Waals surface area contributed by atoms with Crippen molar-refractivity contribution in [1.82, 2.24) is 4.57 Å². The third kappa shape index (κ3) is 7.98. The van der Waals surface area contributed by atoms with Crippen LogP contribution in [0.4, 0.5) is 38.5 Å². The quantitative estimate of drug-likeness (QED) is 0.0893. The van der Waals surface area contributed by atoms with Gasteiger partial charge in [-0.3, -0.25) is 0 Å². The minimum Gasteiger partial charge on any atom is -0.311 e. The first-order valence-electron chi connectivity index (χ1n) is 24.1. The second kappa shape index (κ2) is 18.8. The molecular weight excluding hydrogens is 882 g/mol. The average Bonchev–Trinajstić information content (AvgIpc) is 3.77. The van der Waals surface area contributed by atoms with E-state index in [1.165, 1.54) is 26.3 Å². The highest BCUT2D eigenvalue weighted by Gasteiger charge is 2.41. The number of hydrogen-bond donors (Lipinski definition) is 0. The van der Waals surface area contributed by atoms with Gasteiger partial charge in [0, 0.05) is 50.6 Å². The van der Waals surface area contributed by atoms with Crippen LogP contribution in [-0.2, 0) is 0 Å². The summed E-state index contributed by atoms with van der Waals surface area (Å²) in [6.07, 6.45) is 0. The molecule has 0 fully saturated rings. The van der Waals surface area contributed by atoms with Gasteiger partial charge < -0.3 is 14.4 Å². The molecule has 0 amide bonds. The first kappa shape index (κ1) is 43.3. The molecule has 0 spiro atoms. The molecule has 0 unspecified atom stereocenters. The zero-order valence-electron chi connectivity index (χ0n) is 38.9. The summed E-state index contributed by atoms with van der Waals surface area (Å²) in [4.78, 5) is 4.65. The van der Waals surface area contributed by atoms with Crippen molar-refractivity contribution in [3.8, 4) is 16.8 Å². The van der Waals surface area contributed by atoms with Crippen molar-refractivity contribution in [2.24, 2.45) is 0 Å². The number of rotatable bonds is 12. The number of para-hydroxylation sites is 2. The summed E-state index contributed by atoms with van der Waals surface area (Å²) >= 11 is 0. The summed E-state index contributed by atoms with van der Waals surface area (Å²) < 4.78 is 16.9. The van der Waals surface area contributed by atoms with Gasteiger partial charge in [0.25, 0.3) is 0 Å². The third-order valence-corrected chi connectivity index (χ3v) is 18.5. The van der Waals surface area contributed by atoms with Gasteiger partial charge in [0.2, 0.25) is 0 Å². The van der Waals surface area contributed by atoms with Crippen LogP contribution >= 0.6 is 0 Å². The van der Waals surface area contributed by atoms with E-state index < -0.39 is 8.07 Å². The maximum absolute atomic E-state index is 14.6. The summed E-state index contributed by atoms with van der Waals surface area (Å²) in [6, 6.07) is 103. The number of hydrogen-bond acceptors (Lipinski definition) is 2. The SMILES string of the molecule is Fc1ccc(-n2c3ccc(N(c4ccc(-c5ccccc5)cc4)c4ccc(N(c5ccccc5)c5ccccc5)cc4)cc3c3cc([Si](c4ccccc4)(c4ccccc4)c4ccccc4)ccc32)cc1. The fourth-order valence-electron chi connectivity index (χ4n) is 10.5. The molecule has 0 bridgehead atoms. The Kier molecular flexibility index (Phi) is 11.5. The van der Waals surface area contributed by atoms with E-state index in [0.29, 0.717) is 0 Å². The average molecular weight is 930 g/mol. The normalized spacial score (nSPS) is 11.5. The molecule has 71 heavy (non-hydrogen) atoms. The van der Waals surface area contributed by atoms with Crippen LogP contribution in [0.3, 0.4) is 0 Å². The van der Waals surface area contributed by atoms with Crippen LogP contribution < -0.4 is 30.5 Å². The van der Waals surface area contributed by atoms with Crippen LogP contribution in [0.1, 0.15) is 0 Å². The van der Waals surface area contributed by atoms with E-state index in [2.05, 4.69) is 281 Å². The smallest absolute Gasteiger partial charge is 0.179 e. The fraction of sp³-hybridized carbons (Fsp3) is 0. The highest BCUT2D eigenvalue weighted by atomic mass is 28.3. The van der Waals surface area contributed by atoms with Gasteiger partial charge in [-0.25, -0.2) is 4.39 Å². The van der Waals surface area contributed by atoms with E-state index in [0.717, 1.165) is 67.2 Å². The number of halogens is 1. The Morgan fingerprint density at radius 2 is 0.634 bits per heavy atom. The second-order valence-corrected chi connectivity index (χ2v) is 21.7. The molecule has 5 heteroatoms. The Morgan fingerprint density at radius 1 is 0.282 bits per heavy atom. The Morgan fingerprint density at radius 3 is 1.11 bits per heavy atom. The van der Waals surface area contributed by atoms with Crippen molar-refractivity contribution in [1.29, 1.82) is 0 Å². The van der Waals surface area contributed by atoms with Gasteiger partial charge in [-0.15, -0.1) is 0 Å². The molecule has 1 heterocycles. The minimum atomic E-state index is -2.89. The van der Waals surface area contributed by atoms with Crippen LogP contribution in [-0.4, -0.2) is 12.6 Å². The fourth-order valence-corrected chi connectivity index (χ4v) is 15.3. The van der Waals surface area contributed by atoms with E-state index in [9.17, 15) is 4.39 Å². The standard InChI is InChI=1S/C66H48FN3Si/c67-51-33-37-57(38-34-51)70-65-45-43-58(47-63(65)64-48-62(44-46-66(64)70)71(59-25-13-4-14-26-59,60-27-15-5-16-28-60)61-29-17-6-18-30-61)69(54-35-31-50(32-36-54)49-19-7-1-8-20-49)56-41-39-55(40-42-56)68(52-21-9-2-10-22-52)53-23-11-3-12-24-53/h1-48H. The first-order chi connectivity index (χ1) is 35.1. The molecule has 0 aliphatic rings. The summed E-state index contributed by atoms with van der Waals surface area (Å²) in [5.74, 6) is -0.265. The molecule has 0 radical (unpaired) electrons. The number of aromatic nitrogens is 1. The van der Waals surface area contributed by atoms with Gasteiger partial charge in [-0.1, -0.05) is 182 Å². The van der Waals surface area contributed by atoms with Crippen molar-refractivity contribution in [2.75, 3.05) is 9.80 Å². The van der Waals surface area contributed by atoms with Gasteiger partial charge in [-0.05, 0) is 141 Å². The highest BCUT2D eigenvalue weighted by molar-refractivity contribution is 7.20. The van der Waals surface area contributed by atoms with Crippen molar-refractivity contribution in [3.05, 3.63) is 297 Å². The molecule has 0 N–H and O–H groups in total. The van der Waals surface area contributed by atoms with E-state index in [1.54, 1.807) is 12.1 Å². The molecule has 0 saturated carbocycles. The van der Waals surface area contributed by atoms with Crippen molar-refractivity contribution < 1.29 is 4.39 Å². The van der Waals surface area contributed by atoms with Crippen LogP contribution in [0.2, 0.25) is 0 Å². The molecule has 0 aliphatic carbocycles. The Labute approximate surface area is 415 Å². The van der Waals surface area contributed by atoms with Gasteiger partial charge in [0.1, 0.15) is 5.82 Å². The predicted molar refractivity (Wildman–Crippen MR) is 299 cm³/mol. The van der Waals surface area contributed by atoms with Crippen LogP contribution in [0.5, 0.6) is 0 Å². The molecule has 11 aromatic carbocycles. The van der Waals surface area contributed by atoms with Gasteiger partial charge >= 0.3 is 0 Å². The van der Waals surface area contributed by atoms with Gasteiger partial charge in [0.05, 0.1) is 11.0 Å². The largest absolute Gasteiger partial charge is 0.311 e. The van der Waals surface area contributed by atoms with Gasteiger partial charge in [-0.2, -0.15) is 0 Å². The molecule has 12 rings (SSSR count). The summed E-state index contributed by atoms with van der Waals surface area (Å²) in [6.45, 7) is 0. The van der Waals surface area contributed by atoms with Crippen LogP contribution in [0.25, 0.3) is 38.6 Å². The van der Waals surface area contributed by atoms with Crippen molar-refractivity contribution in [2.45, 2.75) is 0 Å². The Hall–Kier alpha value is -9.03. The highest BCUT2D eigenvalue weighted by Crippen LogP contribution is 2.42. The number of nitrogens with zero attached hydrogens (tertiary/aromatic N) is 3. The van der Waals surface area contributed by atoms with Crippen LogP contribution in [0.15, 0.2) is 291 Å². The lowest BCUT2D eigenvalue weighted by atomic mass is 10.0. The topological polar surface area (TPSA) is 11.4 Å². The summed E-state index contributed by atoms with van der Waals surface area (Å²) in [5.41, 5.74) is 11.6. The van der Waals surface area contributed by atoms with E-state index in [1.807, 2.05) is 12.1 Å². The molecular formula is C66H48FN3Si. The molecule has 1 aromatic heterocycles. The van der Waals surface area contributed by atoms with Crippen molar-refractivity contribution >= 4 is 84.8 Å². The zero-order chi connectivity index (χ0) is 47.6. The number of benzene rings is 11. The number of anilines is 6. The maximum atomic E-state index is 14.6. The van der Waals surface area contributed by atoms with Crippen LogP contribution in [0, 0.1) is 5.82 Å². The lowest BCUT2D eigenvalue weighted by molar-refractivity contribution is 0.627. The monoisotopic (exact) mass is 929 g/mol. The van der Waals surface area contributed by atoms with E-state index in [-0.39, 0.29) is 5.82 Å². The molecule has 338 valence electrons. The maximum Gasteiger partial charge on any atom is 0.179 e. The second-order valence-electron chi connectivity index (χ2n) is 17.9. The lowest BCUT2D eigenvalue weighted by Crippen LogP contribution is -2.74. The van der Waals surface area contributed by atoms with E-state index >= 15 is 0 Å². The Bertz CT molecular complexity index is 3580. The molecule has 3 nitrogen and oxygen atoms in total. The summed E-state index contributed by atoms with van der Waals surface area (Å²) in [7, 11) is -2.89. The minimum absolute atomic E-state index is 0.265. The first-order valence-corrected chi connectivity index (χ1v) is 26.1. The van der Waals surface area contributed by atoms with E-state index in [4.69, 9.17) is 0 Å². The number of fused-ring (bicyclic) bond motifs is 3. The third-order valence-electron chi connectivity index (χ3n) is 13.8. The predicted octanol–water partition coefficient (Wildman–Crippen LogP) is 14.9. The van der Waals surface area contributed by atoms with Gasteiger partial charge in [0.15, 0.2) is 8.07 Å². The summed E-state index contributed by atoms with van der Waals surface area (Å²) in [5, 5.41) is 7.44.